The van der Waals surface area contributed by atoms with Crippen LogP contribution in [0.3, 0.4) is 0 Å². The second-order valence-corrected chi connectivity index (χ2v) is 6.55. The summed E-state index contributed by atoms with van der Waals surface area (Å²) in [6.45, 7) is 0. The number of nitrogens with one attached hydrogen (secondary N) is 1. The van der Waals surface area contributed by atoms with Gasteiger partial charge < -0.3 is 11.1 Å². The molecule has 0 bridgehead atoms. The summed E-state index contributed by atoms with van der Waals surface area (Å²) in [5.41, 5.74) is 8.90. The number of nitrogen functional groups attached to an aromatic ring is 1. The summed E-state index contributed by atoms with van der Waals surface area (Å²) in [6, 6.07) is 10.1. The molecule has 1 aliphatic carbocycles. The van der Waals surface area contributed by atoms with E-state index in [0.717, 1.165) is 36.9 Å². The van der Waals surface area contributed by atoms with Crippen molar-refractivity contribution in [3.05, 3.63) is 51.7 Å². The van der Waals surface area contributed by atoms with Gasteiger partial charge in [0.2, 0.25) is 5.91 Å². The van der Waals surface area contributed by atoms with Crippen molar-refractivity contribution in [3.63, 3.8) is 0 Å². The number of rotatable bonds is 4. The fourth-order valence-corrected chi connectivity index (χ4v) is 3.83. The lowest BCUT2D eigenvalue weighted by molar-refractivity contribution is -0.121. The van der Waals surface area contributed by atoms with E-state index in [2.05, 4.69) is 16.8 Å². The van der Waals surface area contributed by atoms with Crippen LogP contribution < -0.4 is 11.1 Å². The van der Waals surface area contributed by atoms with Crippen molar-refractivity contribution in [2.75, 3.05) is 5.73 Å². The summed E-state index contributed by atoms with van der Waals surface area (Å²) in [5, 5.41) is 5.31. The van der Waals surface area contributed by atoms with Crippen molar-refractivity contribution >= 4 is 22.9 Å². The van der Waals surface area contributed by atoms with Crippen molar-refractivity contribution in [1.29, 1.82) is 0 Å². The quantitative estimate of drug-likeness (QED) is 0.850. The first-order chi connectivity index (χ1) is 10.2. The fraction of sp³-hybridized carbons (Fsp3) is 0.353. The van der Waals surface area contributed by atoms with Crippen molar-refractivity contribution in [1.82, 2.24) is 5.32 Å². The van der Waals surface area contributed by atoms with Gasteiger partial charge in [0, 0.05) is 17.0 Å². The van der Waals surface area contributed by atoms with E-state index in [1.54, 1.807) is 11.3 Å². The first-order valence-corrected chi connectivity index (χ1v) is 8.30. The minimum absolute atomic E-state index is 0.135. The Morgan fingerprint density at radius 1 is 1.29 bits per heavy atom. The van der Waals surface area contributed by atoms with Gasteiger partial charge in [-0.05, 0) is 60.4 Å². The van der Waals surface area contributed by atoms with Crippen LogP contribution in [0.2, 0.25) is 0 Å². The van der Waals surface area contributed by atoms with Gasteiger partial charge in [-0.25, -0.2) is 0 Å². The molecule has 1 aromatic carbocycles. The van der Waals surface area contributed by atoms with Crippen LogP contribution in [0.5, 0.6) is 0 Å². The van der Waals surface area contributed by atoms with Crippen LogP contribution in [0.15, 0.2) is 35.7 Å². The van der Waals surface area contributed by atoms with E-state index < -0.39 is 0 Å². The van der Waals surface area contributed by atoms with E-state index in [-0.39, 0.29) is 11.9 Å². The maximum Gasteiger partial charge on any atom is 0.220 e. The summed E-state index contributed by atoms with van der Waals surface area (Å²) in [4.78, 5) is 13.6. The number of nitrogens with two attached hydrogens (primary N) is 1. The molecule has 110 valence electrons. The van der Waals surface area contributed by atoms with E-state index in [9.17, 15) is 4.79 Å². The van der Waals surface area contributed by atoms with Crippen LogP contribution >= 0.6 is 11.3 Å². The molecule has 21 heavy (non-hydrogen) atoms. The Morgan fingerprint density at radius 2 is 2.10 bits per heavy atom. The van der Waals surface area contributed by atoms with Crippen LogP contribution in [-0.2, 0) is 17.6 Å². The summed E-state index contributed by atoms with van der Waals surface area (Å²) in [5.74, 6) is 0.135. The van der Waals surface area contributed by atoms with Crippen LogP contribution in [0, 0.1) is 0 Å². The van der Waals surface area contributed by atoms with E-state index in [1.807, 2.05) is 24.3 Å². The zero-order valence-electron chi connectivity index (χ0n) is 12.0. The minimum Gasteiger partial charge on any atom is -0.399 e. The van der Waals surface area contributed by atoms with Crippen molar-refractivity contribution < 1.29 is 4.79 Å². The molecule has 1 aliphatic rings. The number of anilines is 1. The number of thiophene rings is 1. The van der Waals surface area contributed by atoms with E-state index >= 15 is 0 Å². The third-order valence-electron chi connectivity index (χ3n) is 4.01. The summed E-state index contributed by atoms with van der Waals surface area (Å²) < 4.78 is 0. The topological polar surface area (TPSA) is 55.1 Å². The number of hydrogen-bond acceptors (Lipinski definition) is 3. The average molecular weight is 300 g/mol. The van der Waals surface area contributed by atoms with Gasteiger partial charge in [-0.3, -0.25) is 4.79 Å². The predicted molar refractivity (Wildman–Crippen MR) is 87.3 cm³/mol. The normalized spacial score (nSPS) is 17.2. The van der Waals surface area contributed by atoms with Gasteiger partial charge in [0.1, 0.15) is 0 Å². The molecule has 1 amide bonds. The standard InChI is InChI=1S/C17H20N2OS/c18-13-7-4-12(5-8-13)6-9-17(20)19-15-2-1-3-16-14(15)10-11-21-16/h4-5,7-8,10-11,15H,1-3,6,9,18H2,(H,19,20). The Kier molecular flexibility index (Phi) is 4.25. The zero-order chi connectivity index (χ0) is 14.7. The first kappa shape index (κ1) is 14.1. The maximum absolute atomic E-state index is 12.2. The Balaban J connectivity index is 1.54. The van der Waals surface area contributed by atoms with Gasteiger partial charge in [0.15, 0.2) is 0 Å². The summed E-state index contributed by atoms with van der Waals surface area (Å²) in [6.07, 6.45) is 4.66. The highest BCUT2D eigenvalue weighted by atomic mass is 32.1. The molecule has 1 heterocycles. The van der Waals surface area contributed by atoms with Crippen LogP contribution in [-0.4, -0.2) is 5.91 Å². The Hall–Kier alpha value is -1.81. The molecule has 0 saturated heterocycles. The smallest absolute Gasteiger partial charge is 0.220 e. The molecule has 0 radical (unpaired) electrons. The molecule has 1 aromatic heterocycles. The van der Waals surface area contributed by atoms with E-state index in [4.69, 9.17) is 5.73 Å². The van der Waals surface area contributed by atoms with Crippen LogP contribution in [0.4, 0.5) is 5.69 Å². The van der Waals surface area contributed by atoms with Gasteiger partial charge in [-0.1, -0.05) is 12.1 Å². The van der Waals surface area contributed by atoms with Crippen molar-refractivity contribution in [2.45, 2.75) is 38.1 Å². The summed E-state index contributed by atoms with van der Waals surface area (Å²) >= 11 is 1.80. The highest BCUT2D eigenvalue weighted by Crippen LogP contribution is 2.33. The second-order valence-electron chi connectivity index (χ2n) is 5.55. The average Bonchev–Trinajstić information content (AvgIpc) is 2.96. The predicted octanol–water partition coefficient (Wildman–Crippen LogP) is 3.46. The molecule has 0 fully saturated rings. The molecule has 0 saturated carbocycles. The molecule has 3 N–H and O–H groups in total. The second kappa shape index (κ2) is 6.31. The van der Waals surface area contributed by atoms with Gasteiger partial charge in [0.05, 0.1) is 6.04 Å². The number of amides is 1. The lowest BCUT2D eigenvalue weighted by Crippen LogP contribution is -2.30. The largest absolute Gasteiger partial charge is 0.399 e. The number of carbonyl (C=O) groups is 1. The number of fused-ring (bicyclic) bond motifs is 1. The third kappa shape index (κ3) is 3.45. The van der Waals surface area contributed by atoms with Gasteiger partial charge in [0.25, 0.3) is 0 Å². The minimum atomic E-state index is 0.135. The molecular weight excluding hydrogens is 280 g/mol. The van der Waals surface area contributed by atoms with Gasteiger partial charge in [-0.2, -0.15) is 0 Å². The molecule has 1 atom stereocenters. The number of benzene rings is 1. The monoisotopic (exact) mass is 300 g/mol. The Morgan fingerprint density at radius 3 is 2.90 bits per heavy atom. The zero-order valence-corrected chi connectivity index (χ0v) is 12.8. The van der Waals surface area contributed by atoms with Gasteiger partial charge in [-0.15, -0.1) is 11.3 Å². The van der Waals surface area contributed by atoms with Crippen LogP contribution in [0.1, 0.15) is 41.3 Å². The first-order valence-electron chi connectivity index (χ1n) is 7.42. The number of carbonyl (C=O) groups excluding carboxylic acids is 1. The molecule has 0 aliphatic heterocycles. The lowest BCUT2D eigenvalue weighted by Gasteiger charge is -2.23. The van der Waals surface area contributed by atoms with E-state index in [0.29, 0.717) is 6.42 Å². The molecule has 1 unspecified atom stereocenters. The molecule has 3 nitrogen and oxygen atoms in total. The highest BCUT2D eigenvalue weighted by molar-refractivity contribution is 7.10. The van der Waals surface area contributed by atoms with Gasteiger partial charge >= 0.3 is 0 Å². The van der Waals surface area contributed by atoms with Crippen molar-refractivity contribution in [2.24, 2.45) is 0 Å². The number of aryl methyl sites for hydroxylation is 2. The maximum atomic E-state index is 12.2. The molecule has 3 rings (SSSR count). The number of hydrogen-bond donors (Lipinski definition) is 2. The summed E-state index contributed by atoms with van der Waals surface area (Å²) in [7, 11) is 0. The molecular formula is C17H20N2OS. The van der Waals surface area contributed by atoms with E-state index in [1.165, 1.54) is 10.4 Å². The third-order valence-corrected chi connectivity index (χ3v) is 5.00. The Bertz CT molecular complexity index is 618. The Labute approximate surface area is 129 Å². The molecule has 4 heteroatoms. The lowest BCUT2D eigenvalue weighted by atomic mass is 9.94. The highest BCUT2D eigenvalue weighted by Gasteiger charge is 2.22. The fourth-order valence-electron chi connectivity index (χ4n) is 2.85. The SMILES string of the molecule is Nc1ccc(CCC(=O)NC2CCCc3sccc32)cc1. The molecule has 2 aromatic rings. The van der Waals surface area contributed by atoms with Crippen LogP contribution in [0.25, 0.3) is 0 Å². The van der Waals surface area contributed by atoms with Crippen molar-refractivity contribution in [3.8, 4) is 0 Å². The molecule has 0 spiro atoms.